The van der Waals surface area contributed by atoms with Gasteiger partial charge < -0.3 is 9.73 Å². The van der Waals surface area contributed by atoms with Crippen molar-refractivity contribution in [2.24, 2.45) is 5.92 Å². The average molecular weight is 287 g/mol. The lowest BCUT2D eigenvalue weighted by molar-refractivity contribution is 0.430. The molecule has 1 aromatic heterocycles. The lowest BCUT2D eigenvalue weighted by Gasteiger charge is -2.26. The van der Waals surface area contributed by atoms with Crippen LogP contribution in [0, 0.1) is 5.92 Å². The third-order valence-electron chi connectivity index (χ3n) is 4.15. The van der Waals surface area contributed by atoms with E-state index in [2.05, 4.69) is 58.1 Å². The molecule has 0 saturated carbocycles. The molecule has 0 aliphatic heterocycles. The zero-order valence-electron chi connectivity index (χ0n) is 14.1. The molecule has 2 rings (SSSR count). The van der Waals surface area contributed by atoms with E-state index in [9.17, 15) is 0 Å². The van der Waals surface area contributed by atoms with Gasteiger partial charge in [0.2, 0.25) is 0 Å². The topological polar surface area (TPSA) is 25.2 Å². The Balaban J connectivity index is 2.22. The predicted octanol–water partition coefficient (Wildman–Crippen LogP) is 4.91. The van der Waals surface area contributed by atoms with E-state index in [4.69, 9.17) is 4.42 Å². The summed E-state index contributed by atoms with van der Waals surface area (Å²) in [6.45, 7) is 13.5. The van der Waals surface area contributed by atoms with Crippen molar-refractivity contribution in [3.05, 3.63) is 35.6 Å². The highest BCUT2D eigenvalue weighted by molar-refractivity contribution is 5.83. The molecule has 2 nitrogen and oxygen atoms in total. The van der Waals surface area contributed by atoms with Crippen LogP contribution in [0.5, 0.6) is 0 Å². The summed E-state index contributed by atoms with van der Waals surface area (Å²) in [6, 6.07) is 8.42. The Kier molecular flexibility index (Phi) is 5.10. The Morgan fingerprint density at radius 2 is 1.90 bits per heavy atom. The molecular weight excluding hydrogens is 258 g/mol. The van der Waals surface area contributed by atoms with E-state index >= 15 is 0 Å². The summed E-state index contributed by atoms with van der Waals surface area (Å²) >= 11 is 0. The maximum absolute atomic E-state index is 6.06. The minimum absolute atomic E-state index is 0.127. The molecule has 2 aromatic rings. The van der Waals surface area contributed by atoms with Gasteiger partial charge in [0.15, 0.2) is 0 Å². The van der Waals surface area contributed by atoms with Gasteiger partial charge in [-0.3, -0.25) is 0 Å². The van der Waals surface area contributed by atoms with Crippen LogP contribution in [0.15, 0.2) is 28.7 Å². The number of nitrogens with one attached hydrogen (secondary N) is 1. The first kappa shape index (κ1) is 16.1. The normalized spacial score (nSPS) is 12.5. The van der Waals surface area contributed by atoms with Gasteiger partial charge in [-0.1, -0.05) is 52.8 Å². The van der Waals surface area contributed by atoms with Crippen LogP contribution in [0.4, 0.5) is 0 Å². The number of aryl methyl sites for hydroxylation is 1. The summed E-state index contributed by atoms with van der Waals surface area (Å²) in [5, 5.41) is 4.84. The third kappa shape index (κ3) is 3.68. The third-order valence-corrected chi connectivity index (χ3v) is 4.15. The van der Waals surface area contributed by atoms with Crippen molar-refractivity contribution in [1.29, 1.82) is 0 Å². The molecule has 2 heteroatoms. The second-order valence-corrected chi connectivity index (χ2v) is 6.98. The van der Waals surface area contributed by atoms with Crippen LogP contribution in [0.2, 0.25) is 0 Å². The highest BCUT2D eigenvalue weighted by Gasteiger charge is 2.28. The Morgan fingerprint density at radius 3 is 2.57 bits per heavy atom. The fourth-order valence-corrected chi connectivity index (χ4v) is 3.00. The van der Waals surface area contributed by atoms with Crippen molar-refractivity contribution < 1.29 is 4.42 Å². The van der Waals surface area contributed by atoms with E-state index < -0.39 is 0 Å². The molecule has 1 aromatic carbocycles. The lowest BCUT2D eigenvalue weighted by Crippen LogP contribution is -2.28. The molecule has 0 fully saturated rings. The Hall–Kier alpha value is -1.28. The number of fused-ring (bicyclic) bond motifs is 1. The monoisotopic (exact) mass is 287 g/mol. The highest BCUT2D eigenvalue weighted by atomic mass is 16.3. The Labute approximate surface area is 128 Å². The molecule has 0 aliphatic rings. The van der Waals surface area contributed by atoms with Gasteiger partial charge in [-0.25, -0.2) is 0 Å². The van der Waals surface area contributed by atoms with E-state index in [0.29, 0.717) is 5.92 Å². The van der Waals surface area contributed by atoms with Gasteiger partial charge in [0, 0.05) is 17.4 Å². The summed E-state index contributed by atoms with van der Waals surface area (Å²) in [4.78, 5) is 0. The molecule has 116 valence electrons. The Bertz CT molecular complexity index is 580. The van der Waals surface area contributed by atoms with Crippen LogP contribution >= 0.6 is 0 Å². The minimum atomic E-state index is 0.127. The van der Waals surface area contributed by atoms with Gasteiger partial charge in [-0.05, 0) is 36.9 Å². The van der Waals surface area contributed by atoms with Gasteiger partial charge >= 0.3 is 0 Å². The largest absolute Gasteiger partial charge is 0.461 e. The van der Waals surface area contributed by atoms with Crippen molar-refractivity contribution in [2.75, 3.05) is 13.1 Å². The van der Waals surface area contributed by atoms with E-state index in [1.54, 1.807) is 0 Å². The number of benzene rings is 1. The molecule has 0 spiro atoms. The summed E-state index contributed by atoms with van der Waals surface area (Å²) in [5.41, 5.74) is 2.54. The molecule has 0 saturated heterocycles. The number of hydrogen-bond acceptors (Lipinski definition) is 2. The summed E-state index contributed by atoms with van der Waals surface area (Å²) < 4.78 is 6.06. The zero-order chi connectivity index (χ0) is 15.5. The maximum atomic E-state index is 6.06. The number of para-hydroxylation sites is 1. The number of furan rings is 1. The van der Waals surface area contributed by atoms with Crippen LogP contribution in [-0.2, 0) is 11.8 Å². The second-order valence-electron chi connectivity index (χ2n) is 6.98. The highest BCUT2D eigenvalue weighted by Crippen LogP contribution is 2.37. The molecule has 0 unspecified atom stereocenters. The maximum Gasteiger partial charge on any atom is 0.134 e. The minimum Gasteiger partial charge on any atom is -0.461 e. The van der Waals surface area contributed by atoms with Gasteiger partial charge in [-0.2, -0.15) is 0 Å². The quantitative estimate of drug-likeness (QED) is 0.732. The first-order valence-corrected chi connectivity index (χ1v) is 8.17. The average Bonchev–Trinajstić information content (AvgIpc) is 2.82. The van der Waals surface area contributed by atoms with E-state index in [0.717, 1.165) is 37.3 Å². The zero-order valence-corrected chi connectivity index (χ0v) is 14.1. The smallest absolute Gasteiger partial charge is 0.134 e. The van der Waals surface area contributed by atoms with Crippen molar-refractivity contribution in [3.63, 3.8) is 0 Å². The number of hydrogen-bond donors (Lipinski definition) is 1. The molecular formula is C19H29NO. The molecule has 0 bridgehead atoms. The van der Waals surface area contributed by atoms with Crippen molar-refractivity contribution in [3.8, 4) is 0 Å². The molecule has 1 N–H and O–H groups in total. The lowest BCUT2D eigenvalue weighted by atomic mass is 9.79. The predicted molar refractivity (Wildman–Crippen MR) is 90.9 cm³/mol. The van der Waals surface area contributed by atoms with Crippen LogP contribution in [0.3, 0.4) is 0 Å². The fraction of sp³-hybridized carbons (Fsp3) is 0.579. The molecule has 1 heterocycles. The summed E-state index contributed by atoms with van der Waals surface area (Å²) in [6.07, 6.45) is 2.07. The SMILES string of the molecule is CCc1oc2ccccc2c1C(C)(C)CCNCC(C)C. The van der Waals surface area contributed by atoms with Crippen LogP contribution in [-0.4, -0.2) is 13.1 Å². The van der Waals surface area contributed by atoms with E-state index in [1.165, 1.54) is 10.9 Å². The standard InChI is InChI=1S/C19H29NO/c1-6-16-18(15-9-7-8-10-17(15)21-16)19(4,5)11-12-20-13-14(2)3/h7-10,14,20H,6,11-13H2,1-5H3. The van der Waals surface area contributed by atoms with Crippen LogP contribution in [0.1, 0.15) is 52.4 Å². The molecule has 0 aliphatic carbocycles. The van der Waals surface area contributed by atoms with Crippen LogP contribution in [0.25, 0.3) is 11.0 Å². The van der Waals surface area contributed by atoms with Gasteiger partial charge in [0.25, 0.3) is 0 Å². The first-order chi connectivity index (χ1) is 9.95. The molecule has 21 heavy (non-hydrogen) atoms. The van der Waals surface area contributed by atoms with Gasteiger partial charge in [-0.15, -0.1) is 0 Å². The van der Waals surface area contributed by atoms with Crippen molar-refractivity contribution >= 4 is 11.0 Å². The molecule has 0 radical (unpaired) electrons. The number of rotatable bonds is 7. The van der Waals surface area contributed by atoms with E-state index in [-0.39, 0.29) is 5.41 Å². The summed E-state index contributed by atoms with van der Waals surface area (Å²) in [7, 11) is 0. The Morgan fingerprint density at radius 1 is 1.19 bits per heavy atom. The first-order valence-electron chi connectivity index (χ1n) is 8.17. The molecule has 0 atom stereocenters. The van der Waals surface area contributed by atoms with Crippen molar-refractivity contribution in [2.45, 2.75) is 52.9 Å². The molecule has 0 amide bonds. The fourth-order valence-electron chi connectivity index (χ4n) is 3.00. The van der Waals surface area contributed by atoms with Crippen LogP contribution < -0.4 is 5.32 Å². The summed E-state index contributed by atoms with van der Waals surface area (Å²) in [5.74, 6) is 1.85. The van der Waals surface area contributed by atoms with Gasteiger partial charge in [0.05, 0.1) is 0 Å². The van der Waals surface area contributed by atoms with E-state index in [1.807, 2.05) is 6.07 Å². The van der Waals surface area contributed by atoms with Crippen molar-refractivity contribution in [1.82, 2.24) is 5.32 Å². The van der Waals surface area contributed by atoms with Gasteiger partial charge in [0.1, 0.15) is 11.3 Å². The second kappa shape index (κ2) is 6.65.